The highest BCUT2D eigenvalue weighted by Gasteiger charge is 2.18. The number of hydrogen-bond donors (Lipinski definition) is 1. The van der Waals surface area contributed by atoms with Crippen LogP contribution in [0, 0.1) is 11.6 Å². The molecule has 0 fully saturated rings. The molecule has 0 aliphatic rings. The summed E-state index contributed by atoms with van der Waals surface area (Å²) in [4.78, 5) is 24.8. The molecule has 1 N–H and O–H groups in total. The van der Waals surface area contributed by atoms with E-state index in [1.165, 1.54) is 18.1 Å². The first kappa shape index (κ1) is 19.4. The minimum absolute atomic E-state index is 0.00725. The molecule has 2 rings (SSSR count). The van der Waals surface area contributed by atoms with Crippen molar-refractivity contribution < 1.29 is 28.2 Å². The first-order valence-corrected chi connectivity index (χ1v) is 7.96. The summed E-state index contributed by atoms with van der Waals surface area (Å²) in [6.07, 6.45) is -0.241. The Hall–Kier alpha value is -2.96. The lowest BCUT2D eigenvalue weighted by molar-refractivity contribution is -0.138. The van der Waals surface area contributed by atoms with Crippen LogP contribution in [0.15, 0.2) is 42.5 Å². The first-order valence-electron chi connectivity index (χ1n) is 7.96. The van der Waals surface area contributed by atoms with Gasteiger partial charge in [0.05, 0.1) is 20.0 Å². The van der Waals surface area contributed by atoms with E-state index in [4.69, 9.17) is 9.84 Å². The van der Waals surface area contributed by atoms with Crippen LogP contribution in [0.3, 0.4) is 0 Å². The number of halogens is 2. The van der Waals surface area contributed by atoms with Gasteiger partial charge in [0.15, 0.2) is 11.6 Å². The van der Waals surface area contributed by atoms with Crippen LogP contribution in [0.4, 0.5) is 8.78 Å². The summed E-state index contributed by atoms with van der Waals surface area (Å²) in [7, 11) is 1.49. The second-order valence-electron chi connectivity index (χ2n) is 5.70. The van der Waals surface area contributed by atoms with Crippen LogP contribution in [0.5, 0.6) is 5.75 Å². The van der Waals surface area contributed by atoms with Gasteiger partial charge in [-0.2, -0.15) is 0 Å². The van der Waals surface area contributed by atoms with Crippen molar-refractivity contribution >= 4 is 11.9 Å². The molecule has 26 heavy (non-hydrogen) atoms. The van der Waals surface area contributed by atoms with Gasteiger partial charge in [-0.1, -0.05) is 24.3 Å². The minimum atomic E-state index is -1.05. The number of rotatable bonds is 8. The molecular formula is C19H19F2NO4. The molecule has 0 atom stereocenters. The first-order chi connectivity index (χ1) is 12.4. The number of carbonyl (C=O) groups is 2. The van der Waals surface area contributed by atoms with Crippen molar-refractivity contribution in [3.05, 3.63) is 65.2 Å². The minimum Gasteiger partial charge on any atom is -0.496 e. The predicted molar refractivity (Wildman–Crippen MR) is 90.7 cm³/mol. The standard InChI is InChI=1S/C19H19F2NO4/c1-26-17-5-3-2-4-14(17)11-18(23)22(9-8-19(24)25)12-13-6-7-15(20)16(21)10-13/h2-7,10H,8-9,11-12H2,1H3,(H,24,25). The smallest absolute Gasteiger partial charge is 0.305 e. The van der Waals surface area contributed by atoms with Crippen LogP contribution in [0.1, 0.15) is 17.5 Å². The second-order valence-corrected chi connectivity index (χ2v) is 5.70. The fourth-order valence-electron chi connectivity index (χ4n) is 2.50. The van der Waals surface area contributed by atoms with Crippen LogP contribution < -0.4 is 4.74 Å². The molecule has 0 saturated heterocycles. The Kier molecular flexibility index (Phi) is 6.66. The Labute approximate surface area is 149 Å². The monoisotopic (exact) mass is 363 g/mol. The topological polar surface area (TPSA) is 66.8 Å². The summed E-state index contributed by atoms with van der Waals surface area (Å²) in [5, 5.41) is 8.90. The quantitative estimate of drug-likeness (QED) is 0.783. The Morgan fingerprint density at radius 1 is 1.12 bits per heavy atom. The summed E-state index contributed by atoms with van der Waals surface area (Å²) in [6.45, 7) is -0.0548. The third-order valence-corrected chi connectivity index (χ3v) is 3.84. The van der Waals surface area contributed by atoms with E-state index in [1.807, 2.05) is 0 Å². The van der Waals surface area contributed by atoms with Crippen molar-refractivity contribution in [1.82, 2.24) is 4.90 Å². The predicted octanol–water partition coefficient (Wildman–Crippen LogP) is 3.02. The molecule has 5 nitrogen and oxygen atoms in total. The number of nitrogens with zero attached hydrogens (tertiary/aromatic N) is 1. The van der Waals surface area contributed by atoms with Gasteiger partial charge in [0.1, 0.15) is 5.75 Å². The Balaban J connectivity index is 2.18. The van der Waals surface area contributed by atoms with Crippen molar-refractivity contribution in [3.63, 3.8) is 0 Å². The number of benzene rings is 2. The van der Waals surface area contributed by atoms with E-state index in [2.05, 4.69) is 0 Å². The normalized spacial score (nSPS) is 10.4. The molecule has 0 spiro atoms. The van der Waals surface area contributed by atoms with E-state index in [1.54, 1.807) is 24.3 Å². The molecule has 2 aromatic carbocycles. The molecule has 0 saturated carbocycles. The summed E-state index contributed by atoms with van der Waals surface area (Å²) < 4.78 is 31.7. The molecular weight excluding hydrogens is 344 g/mol. The summed E-state index contributed by atoms with van der Waals surface area (Å²) in [6, 6.07) is 10.3. The zero-order valence-corrected chi connectivity index (χ0v) is 14.2. The Morgan fingerprint density at radius 3 is 2.50 bits per heavy atom. The van der Waals surface area contributed by atoms with Crippen LogP contribution in [0.2, 0.25) is 0 Å². The van der Waals surface area contributed by atoms with Gasteiger partial charge in [-0.25, -0.2) is 8.78 Å². The van der Waals surface area contributed by atoms with E-state index in [9.17, 15) is 18.4 Å². The van der Waals surface area contributed by atoms with E-state index in [0.29, 0.717) is 16.9 Å². The van der Waals surface area contributed by atoms with Gasteiger partial charge in [-0.05, 0) is 23.8 Å². The lowest BCUT2D eigenvalue weighted by Crippen LogP contribution is -2.34. The molecule has 0 bridgehead atoms. The molecule has 0 heterocycles. The number of carbonyl (C=O) groups excluding carboxylic acids is 1. The van der Waals surface area contributed by atoms with Gasteiger partial charge in [0.2, 0.25) is 5.91 Å². The highest BCUT2D eigenvalue weighted by atomic mass is 19.2. The maximum absolute atomic E-state index is 13.4. The highest BCUT2D eigenvalue weighted by Crippen LogP contribution is 2.19. The fourth-order valence-corrected chi connectivity index (χ4v) is 2.50. The maximum Gasteiger partial charge on any atom is 0.305 e. The van der Waals surface area contributed by atoms with E-state index >= 15 is 0 Å². The lowest BCUT2D eigenvalue weighted by Gasteiger charge is -2.23. The largest absolute Gasteiger partial charge is 0.496 e. The SMILES string of the molecule is COc1ccccc1CC(=O)N(CCC(=O)O)Cc1ccc(F)c(F)c1. The number of methoxy groups -OCH3 is 1. The van der Waals surface area contributed by atoms with Crippen molar-refractivity contribution in [1.29, 1.82) is 0 Å². The van der Waals surface area contributed by atoms with E-state index < -0.39 is 17.6 Å². The van der Waals surface area contributed by atoms with Gasteiger partial charge in [0, 0.05) is 18.7 Å². The fraction of sp³-hybridized carbons (Fsp3) is 0.263. The van der Waals surface area contributed by atoms with Crippen molar-refractivity contribution in [2.75, 3.05) is 13.7 Å². The third kappa shape index (κ3) is 5.27. The van der Waals surface area contributed by atoms with Gasteiger partial charge < -0.3 is 14.7 Å². The molecule has 0 aromatic heterocycles. The zero-order chi connectivity index (χ0) is 19.1. The number of aliphatic carboxylic acids is 1. The average Bonchev–Trinajstić information content (AvgIpc) is 2.61. The second kappa shape index (κ2) is 8.94. The van der Waals surface area contributed by atoms with Crippen LogP contribution in [-0.2, 0) is 22.6 Å². The van der Waals surface area contributed by atoms with Gasteiger partial charge in [-0.15, -0.1) is 0 Å². The van der Waals surface area contributed by atoms with Crippen LogP contribution >= 0.6 is 0 Å². The number of hydrogen-bond acceptors (Lipinski definition) is 3. The molecule has 0 aliphatic carbocycles. The van der Waals surface area contributed by atoms with Crippen molar-refractivity contribution in [3.8, 4) is 5.75 Å². The number of carboxylic acids is 1. The molecule has 1 amide bonds. The maximum atomic E-state index is 13.4. The Bertz CT molecular complexity index is 795. The zero-order valence-electron chi connectivity index (χ0n) is 14.2. The lowest BCUT2D eigenvalue weighted by atomic mass is 10.1. The molecule has 138 valence electrons. The van der Waals surface area contributed by atoms with Crippen LogP contribution in [0.25, 0.3) is 0 Å². The number of para-hydroxylation sites is 1. The van der Waals surface area contributed by atoms with Gasteiger partial charge in [-0.3, -0.25) is 9.59 Å². The highest BCUT2D eigenvalue weighted by molar-refractivity contribution is 5.80. The van der Waals surface area contributed by atoms with E-state index in [0.717, 1.165) is 12.1 Å². The molecule has 0 radical (unpaired) electrons. The number of amides is 1. The molecule has 2 aromatic rings. The molecule has 0 unspecified atom stereocenters. The Morgan fingerprint density at radius 2 is 1.85 bits per heavy atom. The molecule has 7 heteroatoms. The number of carboxylic acid groups (broad SMARTS) is 1. The summed E-state index contributed by atoms with van der Waals surface area (Å²) in [5.74, 6) is -2.83. The van der Waals surface area contributed by atoms with Crippen LogP contribution in [-0.4, -0.2) is 35.5 Å². The van der Waals surface area contributed by atoms with Crippen molar-refractivity contribution in [2.45, 2.75) is 19.4 Å². The third-order valence-electron chi connectivity index (χ3n) is 3.84. The number of ether oxygens (including phenoxy) is 1. The van der Waals surface area contributed by atoms with E-state index in [-0.39, 0.29) is 31.8 Å². The molecule has 0 aliphatic heterocycles. The average molecular weight is 363 g/mol. The van der Waals surface area contributed by atoms with Gasteiger partial charge in [0.25, 0.3) is 0 Å². The van der Waals surface area contributed by atoms with Crippen molar-refractivity contribution in [2.24, 2.45) is 0 Å². The summed E-state index contributed by atoms with van der Waals surface area (Å²) >= 11 is 0. The van der Waals surface area contributed by atoms with Gasteiger partial charge >= 0.3 is 5.97 Å². The summed E-state index contributed by atoms with van der Waals surface area (Å²) in [5.41, 5.74) is 1.04.